The van der Waals surface area contributed by atoms with Crippen molar-refractivity contribution in [1.29, 1.82) is 0 Å². The van der Waals surface area contributed by atoms with Crippen LogP contribution in [0.4, 0.5) is 5.95 Å². The second kappa shape index (κ2) is 3.76. The molecule has 0 atom stereocenters. The van der Waals surface area contributed by atoms with Crippen molar-refractivity contribution in [3.05, 3.63) is 23.7 Å². The number of nitrogens with zero attached hydrogens (tertiary/aromatic N) is 3. The van der Waals surface area contributed by atoms with Crippen LogP contribution < -0.4 is 5.73 Å². The van der Waals surface area contributed by atoms with Gasteiger partial charge in [-0.2, -0.15) is 10.1 Å². The van der Waals surface area contributed by atoms with Gasteiger partial charge in [-0.1, -0.05) is 17.8 Å². The first-order chi connectivity index (χ1) is 7.83. The highest BCUT2D eigenvalue weighted by Gasteiger charge is 2.09. The van der Waals surface area contributed by atoms with E-state index in [9.17, 15) is 0 Å². The van der Waals surface area contributed by atoms with E-state index in [-0.39, 0.29) is 5.95 Å². The maximum Gasteiger partial charge on any atom is 0.223 e. The number of nitrogens with one attached hydrogen (secondary N) is 1. The standard InChI is InChI=1S/C9H7N5S2/c10-9-12-7-5(4-11-14-7)8(13-9)16-6-2-1-3-15-6/h1-4H,(H3,10,11,12,13,14). The topological polar surface area (TPSA) is 80.5 Å². The number of aromatic amines is 1. The van der Waals surface area contributed by atoms with Gasteiger partial charge >= 0.3 is 0 Å². The molecule has 0 spiro atoms. The summed E-state index contributed by atoms with van der Waals surface area (Å²) in [5.74, 6) is 0.260. The van der Waals surface area contributed by atoms with Crippen LogP contribution in [-0.2, 0) is 0 Å². The molecule has 0 saturated carbocycles. The third-order valence-electron chi connectivity index (χ3n) is 1.98. The van der Waals surface area contributed by atoms with Crippen LogP contribution in [0.3, 0.4) is 0 Å². The minimum Gasteiger partial charge on any atom is -0.368 e. The Morgan fingerprint density at radius 3 is 3.12 bits per heavy atom. The van der Waals surface area contributed by atoms with Crippen LogP contribution in [0.5, 0.6) is 0 Å². The number of rotatable bonds is 2. The van der Waals surface area contributed by atoms with Crippen LogP contribution in [0, 0.1) is 0 Å². The molecule has 0 aliphatic carbocycles. The van der Waals surface area contributed by atoms with Crippen molar-refractivity contribution in [2.24, 2.45) is 0 Å². The molecule has 3 N–H and O–H groups in total. The Labute approximate surface area is 99.1 Å². The SMILES string of the molecule is Nc1nc(Sc2cccs2)c2cn[nH]c2n1. The molecule has 0 amide bonds. The lowest BCUT2D eigenvalue weighted by atomic mass is 10.4. The zero-order valence-electron chi connectivity index (χ0n) is 8.04. The van der Waals surface area contributed by atoms with Gasteiger partial charge in [-0.3, -0.25) is 5.10 Å². The molecule has 3 aromatic rings. The summed E-state index contributed by atoms with van der Waals surface area (Å²) < 4.78 is 1.17. The van der Waals surface area contributed by atoms with E-state index < -0.39 is 0 Å². The molecule has 0 bridgehead atoms. The fraction of sp³-hybridized carbons (Fsp3) is 0. The highest BCUT2D eigenvalue weighted by atomic mass is 32.2. The monoisotopic (exact) mass is 249 g/mol. The van der Waals surface area contributed by atoms with Gasteiger partial charge in [-0.05, 0) is 11.4 Å². The Kier molecular flexibility index (Phi) is 2.26. The van der Waals surface area contributed by atoms with Crippen molar-refractivity contribution in [3.8, 4) is 0 Å². The molecule has 3 aromatic heterocycles. The van der Waals surface area contributed by atoms with Crippen LogP contribution in [0.1, 0.15) is 0 Å². The fourth-order valence-electron chi connectivity index (χ4n) is 1.32. The van der Waals surface area contributed by atoms with Gasteiger partial charge in [0, 0.05) is 0 Å². The summed E-state index contributed by atoms with van der Waals surface area (Å²) in [5, 5.41) is 10.5. The molecule has 0 aliphatic heterocycles. The van der Waals surface area contributed by atoms with Crippen molar-refractivity contribution in [2.45, 2.75) is 9.24 Å². The molecule has 0 aliphatic rings. The van der Waals surface area contributed by atoms with E-state index >= 15 is 0 Å². The predicted molar refractivity (Wildman–Crippen MR) is 64.5 cm³/mol. The lowest BCUT2D eigenvalue weighted by molar-refractivity contribution is 1.08. The Morgan fingerprint density at radius 1 is 1.38 bits per heavy atom. The third kappa shape index (κ3) is 1.63. The smallest absolute Gasteiger partial charge is 0.223 e. The quantitative estimate of drug-likeness (QED) is 0.680. The van der Waals surface area contributed by atoms with Gasteiger partial charge < -0.3 is 5.73 Å². The van der Waals surface area contributed by atoms with Crippen molar-refractivity contribution >= 4 is 40.1 Å². The maximum atomic E-state index is 5.63. The second-order valence-electron chi connectivity index (χ2n) is 3.05. The minimum absolute atomic E-state index is 0.260. The number of fused-ring (bicyclic) bond motifs is 1. The number of nitrogens with two attached hydrogens (primary N) is 1. The Balaban J connectivity index is 2.11. The van der Waals surface area contributed by atoms with Gasteiger partial charge in [-0.15, -0.1) is 11.3 Å². The molecular weight excluding hydrogens is 242 g/mol. The number of hydrogen-bond donors (Lipinski definition) is 2. The minimum atomic E-state index is 0.260. The highest BCUT2D eigenvalue weighted by Crippen LogP contribution is 2.33. The van der Waals surface area contributed by atoms with E-state index in [1.165, 1.54) is 4.21 Å². The number of aromatic nitrogens is 4. The zero-order chi connectivity index (χ0) is 11.0. The third-order valence-corrected chi connectivity index (χ3v) is 4.03. The van der Waals surface area contributed by atoms with Crippen LogP contribution >= 0.6 is 23.1 Å². The molecule has 80 valence electrons. The maximum absolute atomic E-state index is 5.63. The van der Waals surface area contributed by atoms with Gasteiger partial charge in [0.1, 0.15) is 5.03 Å². The second-order valence-corrected chi connectivity index (χ2v) is 5.29. The van der Waals surface area contributed by atoms with Gasteiger partial charge in [-0.25, -0.2) is 4.98 Å². The summed E-state index contributed by atoms with van der Waals surface area (Å²) in [6, 6.07) is 4.05. The van der Waals surface area contributed by atoms with Gasteiger partial charge in [0.25, 0.3) is 0 Å². The number of anilines is 1. The van der Waals surface area contributed by atoms with Crippen LogP contribution in [0.2, 0.25) is 0 Å². The highest BCUT2D eigenvalue weighted by molar-refractivity contribution is 8.01. The first kappa shape index (κ1) is 9.61. The van der Waals surface area contributed by atoms with Crippen molar-refractivity contribution in [2.75, 3.05) is 5.73 Å². The Hall–Kier alpha value is -1.60. The molecule has 16 heavy (non-hydrogen) atoms. The molecule has 0 saturated heterocycles. The molecule has 0 aromatic carbocycles. The Bertz CT molecular complexity index is 616. The van der Waals surface area contributed by atoms with E-state index in [4.69, 9.17) is 5.73 Å². The summed E-state index contributed by atoms with van der Waals surface area (Å²) >= 11 is 3.24. The van der Waals surface area contributed by atoms with E-state index in [0.717, 1.165) is 10.4 Å². The lowest BCUT2D eigenvalue weighted by Gasteiger charge is -2.00. The van der Waals surface area contributed by atoms with Crippen molar-refractivity contribution in [1.82, 2.24) is 20.2 Å². The molecule has 0 radical (unpaired) electrons. The largest absolute Gasteiger partial charge is 0.368 e. The van der Waals surface area contributed by atoms with Gasteiger partial charge in [0.05, 0.1) is 15.8 Å². The van der Waals surface area contributed by atoms with E-state index in [1.807, 2.05) is 17.5 Å². The molecular formula is C9H7N5S2. The zero-order valence-corrected chi connectivity index (χ0v) is 9.68. The number of hydrogen-bond acceptors (Lipinski definition) is 6. The van der Waals surface area contributed by atoms with Crippen molar-refractivity contribution < 1.29 is 0 Å². The number of H-pyrrole nitrogens is 1. The van der Waals surface area contributed by atoms with Gasteiger partial charge in [0.2, 0.25) is 5.95 Å². The average Bonchev–Trinajstić information content (AvgIpc) is 2.87. The summed E-state index contributed by atoms with van der Waals surface area (Å²) in [7, 11) is 0. The van der Waals surface area contributed by atoms with E-state index in [1.54, 1.807) is 29.3 Å². The summed E-state index contributed by atoms with van der Waals surface area (Å²) in [6.07, 6.45) is 1.71. The number of nitrogen functional groups attached to an aromatic ring is 1. The van der Waals surface area contributed by atoms with E-state index in [2.05, 4.69) is 20.2 Å². The molecule has 0 fully saturated rings. The van der Waals surface area contributed by atoms with Crippen LogP contribution in [0.15, 0.2) is 32.9 Å². The molecule has 3 heterocycles. The van der Waals surface area contributed by atoms with Gasteiger partial charge in [0.15, 0.2) is 5.65 Å². The predicted octanol–water partition coefficient (Wildman–Crippen LogP) is 2.15. The average molecular weight is 249 g/mol. The summed E-state index contributed by atoms with van der Waals surface area (Å²) in [4.78, 5) is 8.29. The fourth-order valence-corrected chi connectivity index (χ4v) is 3.10. The van der Waals surface area contributed by atoms with Crippen LogP contribution in [0.25, 0.3) is 11.0 Å². The molecule has 0 unspecified atom stereocenters. The molecule has 7 heteroatoms. The first-order valence-corrected chi connectivity index (χ1v) is 6.20. The lowest BCUT2D eigenvalue weighted by Crippen LogP contribution is -1.96. The normalized spacial score (nSPS) is 11.0. The summed E-state index contributed by atoms with van der Waals surface area (Å²) in [5.41, 5.74) is 6.31. The molecule has 3 rings (SSSR count). The van der Waals surface area contributed by atoms with Crippen LogP contribution in [-0.4, -0.2) is 20.2 Å². The van der Waals surface area contributed by atoms with Crippen molar-refractivity contribution in [3.63, 3.8) is 0 Å². The molecule has 5 nitrogen and oxygen atoms in total. The first-order valence-electron chi connectivity index (χ1n) is 4.51. The number of thiophene rings is 1. The Morgan fingerprint density at radius 2 is 2.31 bits per heavy atom. The van der Waals surface area contributed by atoms with E-state index in [0.29, 0.717) is 5.65 Å². The summed E-state index contributed by atoms with van der Waals surface area (Å²) in [6.45, 7) is 0.